The highest BCUT2D eigenvalue weighted by atomic mass is 16.5. The summed E-state index contributed by atoms with van der Waals surface area (Å²) < 4.78 is 5.74. The van der Waals surface area contributed by atoms with Gasteiger partial charge in [0.05, 0.1) is 6.61 Å². The SMILES string of the molecule is CCCCCCCCCCCCC(=O)CCCCC(=O)OCC1(C)CC2CC(C)=C3C(=O)CC3(C)C2C1. The van der Waals surface area contributed by atoms with Crippen molar-refractivity contribution in [3.05, 3.63) is 11.1 Å². The zero-order valence-electron chi connectivity index (χ0n) is 24.4. The van der Waals surface area contributed by atoms with Crippen molar-refractivity contribution in [3.63, 3.8) is 0 Å². The van der Waals surface area contributed by atoms with Gasteiger partial charge in [0.1, 0.15) is 5.78 Å². The average molecular weight is 515 g/mol. The molecule has 3 rings (SSSR count). The van der Waals surface area contributed by atoms with E-state index in [0.717, 1.165) is 44.1 Å². The maximum absolute atomic E-state index is 12.4. The van der Waals surface area contributed by atoms with E-state index in [2.05, 4.69) is 27.7 Å². The lowest BCUT2D eigenvalue weighted by atomic mass is 9.51. The van der Waals surface area contributed by atoms with Crippen molar-refractivity contribution in [1.82, 2.24) is 0 Å². The summed E-state index contributed by atoms with van der Waals surface area (Å²) in [7, 11) is 0. The molecular formula is C33H54O4. The molecule has 4 nitrogen and oxygen atoms in total. The van der Waals surface area contributed by atoms with Crippen LogP contribution >= 0.6 is 0 Å². The smallest absolute Gasteiger partial charge is 0.305 e. The van der Waals surface area contributed by atoms with E-state index in [1.54, 1.807) is 0 Å². The molecule has 4 unspecified atom stereocenters. The first kappa shape index (κ1) is 30.1. The number of esters is 1. The van der Waals surface area contributed by atoms with E-state index >= 15 is 0 Å². The van der Waals surface area contributed by atoms with Gasteiger partial charge in [-0.05, 0) is 57.3 Å². The monoisotopic (exact) mass is 514 g/mol. The number of ketones is 2. The van der Waals surface area contributed by atoms with Gasteiger partial charge in [-0.3, -0.25) is 14.4 Å². The minimum Gasteiger partial charge on any atom is -0.465 e. The number of carbonyl (C=O) groups excluding carboxylic acids is 3. The maximum atomic E-state index is 12.4. The molecule has 4 heteroatoms. The van der Waals surface area contributed by atoms with Gasteiger partial charge < -0.3 is 4.74 Å². The summed E-state index contributed by atoms with van der Waals surface area (Å²) in [6, 6.07) is 0. The number of unbranched alkanes of at least 4 members (excludes halogenated alkanes) is 10. The number of carbonyl (C=O) groups is 3. The fourth-order valence-electron chi connectivity index (χ4n) is 7.75. The van der Waals surface area contributed by atoms with Crippen LogP contribution in [0.25, 0.3) is 0 Å². The third kappa shape index (κ3) is 8.27. The lowest BCUT2D eigenvalue weighted by Crippen LogP contribution is -2.49. The number of hydrogen-bond donors (Lipinski definition) is 0. The quantitative estimate of drug-likeness (QED) is 0.136. The van der Waals surface area contributed by atoms with Crippen molar-refractivity contribution in [3.8, 4) is 0 Å². The van der Waals surface area contributed by atoms with Gasteiger partial charge in [-0.2, -0.15) is 0 Å². The molecule has 0 spiro atoms. The summed E-state index contributed by atoms with van der Waals surface area (Å²) in [6.45, 7) is 9.41. The predicted molar refractivity (Wildman–Crippen MR) is 150 cm³/mol. The van der Waals surface area contributed by atoms with Crippen LogP contribution in [0.15, 0.2) is 11.1 Å². The first-order valence-electron chi connectivity index (χ1n) is 15.6. The van der Waals surface area contributed by atoms with Gasteiger partial charge in [0.25, 0.3) is 0 Å². The maximum Gasteiger partial charge on any atom is 0.305 e. The van der Waals surface area contributed by atoms with Gasteiger partial charge in [-0.1, -0.05) is 84.1 Å². The molecule has 37 heavy (non-hydrogen) atoms. The lowest BCUT2D eigenvalue weighted by molar-refractivity contribution is -0.147. The number of hydrogen-bond acceptors (Lipinski definition) is 4. The summed E-state index contributed by atoms with van der Waals surface area (Å²) >= 11 is 0. The summed E-state index contributed by atoms with van der Waals surface area (Å²) in [4.78, 5) is 36.8. The van der Waals surface area contributed by atoms with Gasteiger partial charge in [-0.15, -0.1) is 0 Å². The van der Waals surface area contributed by atoms with Crippen LogP contribution in [0.5, 0.6) is 0 Å². The topological polar surface area (TPSA) is 60.4 Å². The summed E-state index contributed by atoms with van der Waals surface area (Å²) in [6.07, 6.45) is 19.9. The van der Waals surface area contributed by atoms with Gasteiger partial charge in [0.2, 0.25) is 0 Å². The van der Waals surface area contributed by atoms with Crippen LogP contribution in [0.3, 0.4) is 0 Å². The third-order valence-electron chi connectivity index (χ3n) is 9.71. The Hall–Kier alpha value is -1.45. The van der Waals surface area contributed by atoms with E-state index in [4.69, 9.17) is 4.74 Å². The van der Waals surface area contributed by atoms with Crippen molar-refractivity contribution in [2.24, 2.45) is 22.7 Å². The first-order valence-corrected chi connectivity index (χ1v) is 15.6. The Bertz CT molecular complexity index is 826. The molecule has 0 saturated heterocycles. The number of allylic oxidation sites excluding steroid dienone is 2. The Labute approximate surface area is 226 Å². The second-order valence-electron chi connectivity index (χ2n) is 13.3. The van der Waals surface area contributed by atoms with E-state index in [1.807, 2.05) is 0 Å². The summed E-state index contributed by atoms with van der Waals surface area (Å²) in [5, 5.41) is 0. The van der Waals surface area contributed by atoms with Gasteiger partial charge >= 0.3 is 5.97 Å². The molecule has 0 aromatic rings. The number of Topliss-reactive ketones (excluding diaryl/α,β-unsaturated/α-hetero) is 2. The zero-order valence-corrected chi connectivity index (χ0v) is 24.4. The highest BCUT2D eigenvalue weighted by molar-refractivity contribution is 6.05. The van der Waals surface area contributed by atoms with E-state index < -0.39 is 0 Å². The fraction of sp³-hybridized carbons (Fsp3) is 0.848. The molecule has 0 aromatic carbocycles. The molecule has 2 saturated carbocycles. The van der Waals surface area contributed by atoms with Crippen LogP contribution in [0.4, 0.5) is 0 Å². The lowest BCUT2D eigenvalue weighted by Gasteiger charge is -2.51. The van der Waals surface area contributed by atoms with Crippen LogP contribution < -0.4 is 0 Å². The highest BCUT2D eigenvalue weighted by Crippen LogP contribution is 2.65. The van der Waals surface area contributed by atoms with E-state index in [1.165, 1.54) is 63.4 Å². The van der Waals surface area contributed by atoms with E-state index in [9.17, 15) is 14.4 Å². The van der Waals surface area contributed by atoms with Crippen LogP contribution in [0.1, 0.15) is 150 Å². The summed E-state index contributed by atoms with van der Waals surface area (Å²) in [5.74, 6) is 1.71. The molecule has 3 aliphatic carbocycles. The molecule has 0 heterocycles. The molecule has 0 radical (unpaired) electrons. The third-order valence-corrected chi connectivity index (χ3v) is 9.71. The number of ether oxygens (including phenoxy) is 1. The number of rotatable bonds is 18. The predicted octanol–water partition coefficient (Wildman–Crippen LogP) is 8.70. The van der Waals surface area contributed by atoms with Gasteiger partial charge in [0.15, 0.2) is 5.78 Å². The molecule has 210 valence electrons. The molecule has 0 N–H and O–H groups in total. The number of fused-ring (bicyclic) bond motifs is 3. The van der Waals surface area contributed by atoms with Crippen molar-refractivity contribution in [1.29, 1.82) is 0 Å². The van der Waals surface area contributed by atoms with Crippen LogP contribution in [-0.4, -0.2) is 24.1 Å². The molecule has 2 fully saturated rings. The minimum absolute atomic E-state index is 0.00733. The van der Waals surface area contributed by atoms with Gasteiger partial charge in [0, 0.05) is 42.1 Å². The average Bonchev–Trinajstić information content (AvgIpc) is 3.18. The molecule has 0 amide bonds. The Balaban J connectivity index is 1.20. The van der Waals surface area contributed by atoms with E-state index in [0.29, 0.717) is 55.7 Å². The van der Waals surface area contributed by atoms with Gasteiger partial charge in [-0.25, -0.2) is 0 Å². The Kier molecular flexibility index (Phi) is 11.5. The van der Waals surface area contributed by atoms with Crippen LogP contribution in [-0.2, 0) is 19.1 Å². The second-order valence-corrected chi connectivity index (χ2v) is 13.3. The molecule has 4 atom stereocenters. The molecule has 3 aliphatic rings. The van der Waals surface area contributed by atoms with Crippen molar-refractivity contribution >= 4 is 17.5 Å². The van der Waals surface area contributed by atoms with Crippen LogP contribution in [0, 0.1) is 22.7 Å². The molecule has 0 bridgehead atoms. The Morgan fingerprint density at radius 1 is 0.838 bits per heavy atom. The Morgan fingerprint density at radius 3 is 2.03 bits per heavy atom. The Morgan fingerprint density at radius 2 is 1.41 bits per heavy atom. The largest absolute Gasteiger partial charge is 0.465 e. The normalized spacial score (nSPS) is 28.6. The fourth-order valence-corrected chi connectivity index (χ4v) is 7.75. The molecule has 0 aromatic heterocycles. The minimum atomic E-state index is -0.127. The van der Waals surface area contributed by atoms with E-state index in [-0.39, 0.29) is 16.8 Å². The van der Waals surface area contributed by atoms with Crippen molar-refractivity contribution < 1.29 is 19.1 Å². The summed E-state index contributed by atoms with van der Waals surface area (Å²) in [5.41, 5.74) is 2.46. The van der Waals surface area contributed by atoms with Crippen LogP contribution in [0.2, 0.25) is 0 Å². The molecular weight excluding hydrogens is 460 g/mol. The molecule has 0 aliphatic heterocycles. The first-order chi connectivity index (χ1) is 17.7. The standard InChI is InChI=1S/C33H54O4/c1-5-6-7-8-9-10-11-12-13-14-17-27(34)18-15-16-19-30(36)37-24-32(3)21-26-20-25(2)31-29(35)23-33(31,4)28(26)22-32/h26,28H,5-24H2,1-4H3. The van der Waals surface area contributed by atoms with Crippen molar-refractivity contribution in [2.45, 2.75) is 150 Å². The zero-order chi connectivity index (χ0) is 26.9. The highest BCUT2D eigenvalue weighted by Gasteiger charge is 2.60. The van der Waals surface area contributed by atoms with Crippen molar-refractivity contribution in [2.75, 3.05) is 6.61 Å². The second kappa shape index (κ2) is 14.1.